The zero-order chi connectivity index (χ0) is 21.4. The Bertz CT molecular complexity index is 1230. The highest BCUT2D eigenvalue weighted by molar-refractivity contribution is 6.31. The van der Waals surface area contributed by atoms with Crippen LogP contribution in [0.5, 0.6) is 17.2 Å². The minimum atomic E-state index is -0.495. The molecule has 0 amide bonds. The Kier molecular flexibility index (Phi) is 4.94. The molecule has 0 fully saturated rings. The van der Waals surface area contributed by atoms with E-state index in [1.54, 1.807) is 54.6 Å². The second-order valence-electron chi connectivity index (χ2n) is 6.95. The molecule has 0 N–H and O–H groups in total. The van der Waals surface area contributed by atoms with Gasteiger partial charge in [-0.1, -0.05) is 29.8 Å². The van der Waals surface area contributed by atoms with E-state index in [1.807, 2.05) is 6.07 Å². The SMILES string of the molecule is O=C(Oc1ccc2c(c1)OC(=Cc1cc(Cl)cc3c1OCOC3)C2=O)c1ccccc1. The number of ether oxygens (including phenoxy) is 4. The molecule has 31 heavy (non-hydrogen) atoms. The van der Waals surface area contributed by atoms with Crippen LogP contribution in [-0.4, -0.2) is 18.5 Å². The smallest absolute Gasteiger partial charge is 0.343 e. The predicted molar refractivity (Wildman–Crippen MR) is 113 cm³/mol. The van der Waals surface area contributed by atoms with E-state index in [9.17, 15) is 9.59 Å². The molecule has 7 heteroatoms. The van der Waals surface area contributed by atoms with Gasteiger partial charge < -0.3 is 18.9 Å². The zero-order valence-corrected chi connectivity index (χ0v) is 16.8. The van der Waals surface area contributed by atoms with E-state index in [0.29, 0.717) is 39.8 Å². The van der Waals surface area contributed by atoms with Crippen LogP contribution in [0.15, 0.2) is 66.4 Å². The predicted octanol–water partition coefficient (Wildman–Crippen LogP) is 5.04. The third-order valence-electron chi connectivity index (χ3n) is 4.85. The highest BCUT2D eigenvalue weighted by Crippen LogP contribution is 2.38. The van der Waals surface area contributed by atoms with Crippen molar-refractivity contribution in [2.45, 2.75) is 6.61 Å². The van der Waals surface area contributed by atoms with Gasteiger partial charge in [0.1, 0.15) is 17.2 Å². The maximum Gasteiger partial charge on any atom is 0.343 e. The quantitative estimate of drug-likeness (QED) is 0.326. The van der Waals surface area contributed by atoms with Crippen molar-refractivity contribution in [3.05, 3.63) is 93.7 Å². The van der Waals surface area contributed by atoms with Gasteiger partial charge in [0.15, 0.2) is 12.6 Å². The minimum absolute atomic E-state index is 0.121. The number of hydrogen-bond donors (Lipinski definition) is 0. The molecule has 0 spiro atoms. The van der Waals surface area contributed by atoms with E-state index in [0.717, 1.165) is 5.56 Å². The molecule has 0 aromatic heterocycles. The lowest BCUT2D eigenvalue weighted by atomic mass is 10.1. The fraction of sp³-hybridized carbons (Fsp3) is 0.0833. The Balaban J connectivity index is 1.42. The number of ketones is 1. The Morgan fingerprint density at radius 2 is 1.90 bits per heavy atom. The third kappa shape index (κ3) is 3.79. The number of allylic oxidation sites excluding steroid dienone is 1. The second-order valence-corrected chi connectivity index (χ2v) is 7.38. The molecule has 0 bridgehead atoms. The highest BCUT2D eigenvalue weighted by Gasteiger charge is 2.29. The van der Waals surface area contributed by atoms with Crippen molar-refractivity contribution >= 4 is 29.4 Å². The normalized spacial score (nSPS) is 15.6. The van der Waals surface area contributed by atoms with E-state index in [-0.39, 0.29) is 24.1 Å². The third-order valence-corrected chi connectivity index (χ3v) is 5.07. The van der Waals surface area contributed by atoms with Gasteiger partial charge in [0.2, 0.25) is 5.78 Å². The number of carbonyl (C=O) groups is 2. The van der Waals surface area contributed by atoms with Crippen LogP contribution in [-0.2, 0) is 11.3 Å². The molecule has 154 valence electrons. The van der Waals surface area contributed by atoms with Crippen molar-refractivity contribution in [3.63, 3.8) is 0 Å². The zero-order valence-electron chi connectivity index (χ0n) is 16.1. The number of carbonyl (C=O) groups excluding carboxylic acids is 2. The molecule has 2 heterocycles. The molecule has 3 aromatic carbocycles. The minimum Gasteiger partial charge on any atom is -0.467 e. The molecule has 0 saturated carbocycles. The molecule has 6 nitrogen and oxygen atoms in total. The van der Waals surface area contributed by atoms with Crippen molar-refractivity contribution < 1.29 is 28.5 Å². The van der Waals surface area contributed by atoms with Gasteiger partial charge in [-0.3, -0.25) is 4.79 Å². The van der Waals surface area contributed by atoms with E-state index < -0.39 is 5.97 Å². The lowest BCUT2D eigenvalue weighted by Gasteiger charge is -2.20. The van der Waals surface area contributed by atoms with Crippen molar-refractivity contribution in [2.75, 3.05) is 6.79 Å². The molecule has 2 aliphatic heterocycles. The first-order valence-electron chi connectivity index (χ1n) is 9.47. The van der Waals surface area contributed by atoms with Gasteiger partial charge in [-0.05, 0) is 42.5 Å². The van der Waals surface area contributed by atoms with E-state index in [4.69, 9.17) is 30.5 Å². The Morgan fingerprint density at radius 1 is 1.06 bits per heavy atom. The summed E-state index contributed by atoms with van der Waals surface area (Å²) < 4.78 is 22.0. The number of hydrogen-bond acceptors (Lipinski definition) is 6. The largest absolute Gasteiger partial charge is 0.467 e. The Hall–Kier alpha value is -3.61. The summed E-state index contributed by atoms with van der Waals surface area (Å²) in [5.74, 6) is 0.549. The number of Topliss-reactive ketones (excluding diaryl/α,β-unsaturated/α-hetero) is 1. The number of rotatable bonds is 3. The molecule has 0 aliphatic carbocycles. The average Bonchev–Trinajstić information content (AvgIpc) is 3.09. The van der Waals surface area contributed by atoms with Crippen LogP contribution in [0.25, 0.3) is 6.08 Å². The molecule has 0 radical (unpaired) electrons. The van der Waals surface area contributed by atoms with E-state index in [1.165, 1.54) is 6.07 Å². The van der Waals surface area contributed by atoms with Crippen molar-refractivity contribution in [1.29, 1.82) is 0 Å². The average molecular weight is 435 g/mol. The summed E-state index contributed by atoms with van der Waals surface area (Å²) >= 11 is 6.20. The number of fused-ring (bicyclic) bond motifs is 2. The maximum atomic E-state index is 12.8. The molecule has 0 saturated heterocycles. The summed E-state index contributed by atoms with van der Waals surface area (Å²) in [7, 11) is 0. The molecule has 0 unspecified atom stereocenters. The van der Waals surface area contributed by atoms with Crippen LogP contribution < -0.4 is 14.2 Å². The standard InChI is InChI=1S/C24H15ClO6/c25-17-8-15(23-16(9-17)12-28-13-29-23)10-21-22(26)19-7-6-18(11-20(19)31-21)30-24(27)14-4-2-1-3-5-14/h1-11H,12-13H2. The molecule has 2 aliphatic rings. The maximum absolute atomic E-state index is 12.8. The summed E-state index contributed by atoms with van der Waals surface area (Å²) in [5.41, 5.74) is 2.22. The number of benzene rings is 3. The fourth-order valence-electron chi connectivity index (χ4n) is 3.43. The lowest BCUT2D eigenvalue weighted by molar-refractivity contribution is -0.0165. The van der Waals surface area contributed by atoms with Crippen LogP contribution in [0.2, 0.25) is 5.02 Å². The summed E-state index contributed by atoms with van der Waals surface area (Å²) in [6.07, 6.45) is 1.59. The summed E-state index contributed by atoms with van der Waals surface area (Å²) in [6.45, 7) is 0.493. The van der Waals surface area contributed by atoms with Crippen LogP contribution in [0.4, 0.5) is 0 Å². The molecular formula is C24H15ClO6. The van der Waals surface area contributed by atoms with Gasteiger partial charge in [0.05, 0.1) is 17.7 Å². The van der Waals surface area contributed by atoms with E-state index >= 15 is 0 Å². The number of halogens is 1. The lowest BCUT2D eigenvalue weighted by Crippen LogP contribution is -2.12. The van der Waals surface area contributed by atoms with E-state index in [2.05, 4.69) is 0 Å². The van der Waals surface area contributed by atoms with Crippen LogP contribution in [0.1, 0.15) is 31.8 Å². The first kappa shape index (κ1) is 19.4. The fourth-order valence-corrected chi connectivity index (χ4v) is 3.68. The van der Waals surface area contributed by atoms with Crippen molar-refractivity contribution in [2.24, 2.45) is 0 Å². The highest BCUT2D eigenvalue weighted by atomic mass is 35.5. The molecule has 3 aromatic rings. The summed E-state index contributed by atoms with van der Waals surface area (Å²) in [4.78, 5) is 25.1. The second kappa shape index (κ2) is 7.91. The molecule has 5 rings (SSSR count). The van der Waals surface area contributed by atoms with Crippen LogP contribution in [0.3, 0.4) is 0 Å². The monoisotopic (exact) mass is 434 g/mol. The van der Waals surface area contributed by atoms with Gasteiger partial charge in [0.25, 0.3) is 0 Å². The summed E-state index contributed by atoms with van der Waals surface area (Å²) in [5, 5.41) is 0.498. The number of esters is 1. The van der Waals surface area contributed by atoms with Gasteiger partial charge in [-0.15, -0.1) is 0 Å². The van der Waals surface area contributed by atoms with Crippen molar-refractivity contribution in [3.8, 4) is 17.2 Å². The Morgan fingerprint density at radius 3 is 2.74 bits per heavy atom. The van der Waals surface area contributed by atoms with Gasteiger partial charge in [0, 0.05) is 22.2 Å². The first-order chi connectivity index (χ1) is 15.1. The van der Waals surface area contributed by atoms with Gasteiger partial charge >= 0.3 is 5.97 Å². The topological polar surface area (TPSA) is 71.1 Å². The van der Waals surface area contributed by atoms with Crippen LogP contribution >= 0.6 is 11.6 Å². The summed E-state index contributed by atoms with van der Waals surface area (Å²) in [6, 6.07) is 16.8. The first-order valence-corrected chi connectivity index (χ1v) is 9.85. The van der Waals surface area contributed by atoms with Crippen molar-refractivity contribution in [1.82, 2.24) is 0 Å². The van der Waals surface area contributed by atoms with Gasteiger partial charge in [-0.25, -0.2) is 4.79 Å². The Labute approximate surface area is 182 Å². The molecular weight excluding hydrogens is 420 g/mol. The van der Waals surface area contributed by atoms with Gasteiger partial charge in [-0.2, -0.15) is 0 Å². The molecule has 0 atom stereocenters. The van der Waals surface area contributed by atoms with Crippen LogP contribution in [0, 0.1) is 0 Å².